The van der Waals surface area contributed by atoms with E-state index in [-0.39, 0.29) is 11.4 Å². The maximum Gasteiger partial charge on any atom is 0.342 e. The number of benzene rings is 2. The third-order valence-electron chi connectivity index (χ3n) is 8.89. The zero-order valence-corrected chi connectivity index (χ0v) is 25.6. The predicted octanol–water partition coefficient (Wildman–Crippen LogP) is 7.07. The zero-order valence-electron chi connectivity index (χ0n) is 25.6. The Morgan fingerprint density at radius 2 is 1.95 bits per heavy atom. The van der Waals surface area contributed by atoms with E-state index in [1.54, 1.807) is 11.6 Å². The number of hydrogen-bond acceptors (Lipinski definition) is 6. The Bertz CT molecular complexity index is 1700. The molecule has 1 aliphatic carbocycles. The number of para-hydroxylation sites is 1. The summed E-state index contributed by atoms with van der Waals surface area (Å²) >= 11 is 0. The summed E-state index contributed by atoms with van der Waals surface area (Å²) in [6, 6.07) is 16.1. The molecule has 2 aliphatic rings. The Labute approximate surface area is 258 Å². The van der Waals surface area contributed by atoms with E-state index in [0.717, 1.165) is 55.8 Å². The average molecular weight is 594 g/mol. The highest BCUT2D eigenvalue weighted by atomic mass is 16.5. The van der Waals surface area contributed by atoms with Gasteiger partial charge in [0.1, 0.15) is 17.9 Å². The number of carbonyl (C=O) groups is 1. The van der Waals surface area contributed by atoms with Gasteiger partial charge in [-0.2, -0.15) is 9.78 Å². The lowest BCUT2D eigenvalue weighted by Gasteiger charge is -2.21. The van der Waals surface area contributed by atoms with Crippen LogP contribution in [0.25, 0.3) is 17.1 Å². The number of methoxy groups -OCH3 is 1. The molecule has 0 radical (unpaired) electrons. The smallest absolute Gasteiger partial charge is 0.342 e. The van der Waals surface area contributed by atoms with Crippen LogP contribution in [-0.4, -0.2) is 46.2 Å². The van der Waals surface area contributed by atoms with Crippen LogP contribution in [0.1, 0.15) is 63.9 Å². The number of pyridine rings is 1. The van der Waals surface area contributed by atoms with Gasteiger partial charge in [0.25, 0.3) is 0 Å². The van der Waals surface area contributed by atoms with Crippen LogP contribution in [0.4, 0.5) is 0 Å². The van der Waals surface area contributed by atoms with Crippen LogP contribution in [0.3, 0.4) is 0 Å². The van der Waals surface area contributed by atoms with Gasteiger partial charge in [-0.05, 0) is 104 Å². The van der Waals surface area contributed by atoms with E-state index in [1.165, 1.54) is 53.1 Å². The molecule has 8 heteroatoms. The number of fused-ring (bicyclic) bond motifs is 1. The first-order valence-corrected chi connectivity index (χ1v) is 15.3. The summed E-state index contributed by atoms with van der Waals surface area (Å²) in [6.45, 7) is 6.54. The van der Waals surface area contributed by atoms with E-state index < -0.39 is 5.97 Å². The van der Waals surface area contributed by atoms with Crippen molar-refractivity contribution in [3.63, 3.8) is 0 Å². The van der Waals surface area contributed by atoms with Crippen LogP contribution in [0.2, 0.25) is 0 Å². The first-order chi connectivity index (χ1) is 21.4. The second-order valence-electron chi connectivity index (χ2n) is 11.7. The minimum Gasteiger partial charge on any atom is -0.488 e. The number of rotatable bonds is 9. The number of aromatic nitrogens is 3. The number of nitrogens with zero attached hydrogens (tertiary/aromatic N) is 3. The summed E-state index contributed by atoms with van der Waals surface area (Å²) in [6.07, 6.45) is 10.4. The van der Waals surface area contributed by atoms with E-state index in [9.17, 15) is 9.90 Å². The molecule has 0 unspecified atom stereocenters. The Morgan fingerprint density at radius 3 is 2.75 bits per heavy atom. The first kappa shape index (κ1) is 29.6. The van der Waals surface area contributed by atoms with Crippen molar-refractivity contribution in [3.05, 3.63) is 99.8 Å². The fourth-order valence-corrected chi connectivity index (χ4v) is 6.45. The molecular formula is C36H39N3O5. The largest absolute Gasteiger partial charge is 0.488 e. The van der Waals surface area contributed by atoms with Gasteiger partial charge in [-0.1, -0.05) is 42.0 Å². The van der Waals surface area contributed by atoms with E-state index in [4.69, 9.17) is 19.2 Å². The molecule has 0 bridgehead atoms. The highest BCUT2D eigenvalue weighted by Gasteiger charge is 2.21. The van der Waals surface area contributed by atoms with Crippen molar-refractivity contribution in [1.29, 1.82) is 0 Å². The van der Waals surface area contributed by atoms with Crippen molar-refractivity contribution in [2.24, 2.45) is 5.92 Å². The number of allylic oxidation sites excluding steroid dienone is 2. The fraction of sp³-hybridized carbons (Fsp3) is 0.361. The van der Waals surface area contributed by atoms with E-state index in [1.807, 2.05) is 37.3 Å². The molecule has 1 saturated heterocycles. The van der Waals surface area contributed by atoms with Crippen molar-refractivity contribution in [2.75, 3.05) is 20.3 Å². The summed E-state index contributed by atoms with van der Waals surface area (Å²) in [5.41, 5.74) is 9.54. The number of aromatic carboxylic acids is 1. The maximum atomic E-state index is 11.6. The summed E-state index contributed by atoms with van der Waals surface area (Å²) < 4.78 is 18.9. The molecule has 1 N–H and O–H groups in total. The monoisotopic (exact) mass is 593 g/mol. The minimum atomic E-state index is -1.11. The van der Waals surface area contributed by atoms with Crippen LogP contribution in [-0.2, 0) is 24.2 Å². The average Bonchev–Trinajstić information content (AvgIpc) is 3.69. The zero-order chi connectivity index (χ0) is 30.6. The molecule has 0 amide bonds. The predicted molar refractivity (Wildman–Crippen MR) is 169 cm³/mol. The molecule has 44 heavy (non-hydrogen) atoms. The van der Waals surface area contributed by atoms with Gasteiger partial charge in [-0.25, -0.2) is 9.78 Å². The number of aryl methyl sites for hydroxylation is 2. The van der Waals surface area contributed by atoms with Crippen LogP contribution >= 0.6 is 0 Å². The van der Waals surface area contributed by atoms with Crippen molar-refractivity contribution in [3.8, 4) is 28.7 Å². The third kappa shape index (κ3) is 6.13. The number of carboxylic acids is 1. The standard InChI is InChI=1S/C36H39N3O5/c1-23-7-4-10-30(32-11-6-12-33(38-32)39-35(42-3)31(20-37-39)36(40)41)34(23)44-22-28-16-15-27-14-13-25(19-26-17-18-43-21-26)8-5-9-29(27)24(28)2/h4,6-8,10-12,15-16,20,26H,5,9,13-14,17-19,21-22H2,1-3H3,(H,40,41)/b25-8+/t26-/m0/s1. The van der Waals surface area contributed by atoms with Crippen LogP contribution < -0.4 is 9.47 Å². The van der Waals surface area contributed by atoms with E-state index >= 15 is 0 Å². The topological polar surface area (TPSA) is 95.7 Å². The van der Waals surface area contributed by atoms with Gasteiger partial charge in [0, 0.05) is 18.8 Å². The van der Waals surface area contributed by atoms with Gasteiger partial charge in [-0.15, -0.1) is 0 Å². The van der Waals surface area contributed by atoms with Crippen molar-refractivity contribution >= 4 is 5.97 Å². The maximum absolute atomic E-state index is 11.6. The lowest BCUT2D eigenvalue weighted by atomic mass is 9.86. The quantitative estimate of drug-likeness (QED) is 0.207. The van der Waals surface area contributed by atoms with E-state index in [2.05, 4.69) is 30.2 Å². The molecule has 0 saturated carbocycles. The highest BCUT2D eigenvalue weighted by molar-refractivity contribution is 5.90. The number of hydrogen-bond donors (Lipinski definition) is 1. The molecule has 8 nitrogen and oxygen atoms in total. The fourth-order valence-electron chi connectivity index (χ4n) is 6.45. The molecule has 228 valence electrons. The summed E-state index contributed by atoms with van der Waals surface area (Å²) in [5.74, 6) is 0.908. The normalized spacial score (nSPS) is 17.7. The van der Waals surface area contributed by atoms with Gasteiger partial charge in [0.15, 0.2) is 5.82 Å². The Hall–Kier alpha value is -4.43. The highest BCUT2D eigenvalue weighted by Crippen LogP contribution is 2.35. The van der Waals surface area contributed by atoms with Crippen LogP contribution in [0.15, 0.2) is 66.4 Å². The van der Waals surface area contributed by atoms with Gasteiger partial charge in [0.2, 0.25) is 5.88 Å². The van der Waals surface area contributed by atoms with Crippen molar-refractivity contribution in [1.82, 2.24) is 14.8 Å². The van der Waals surface area contributed by atoms with Gasteiger partial charge >= 0.3 is 5.97 Å². The van der Waals surface area contributed by atoms with E-state index in [0.29, 0.717) is 24.0 Å². The number of carboxylic acid groups (broad SMARTS) is 1. The molecule has 6 rings (SSSR count). The summed E-state index contributed by atoms with van der Waals surface area (Å²) in [4.78, 5) is 16.4. The summed E-state index contributed by atoms with van der Waals surface area (Å²) in [5, 5.41) is 13.7. The molecule has 2 aromatic carbocycles. The molecule has 3 heterocycles. The molecule has 1 aliphatic heterocycles. The SMILES string of the molecule is COc1c(C(=O)O)cnn1-c1cccc(-c2cccc(C)c2OCc2ccc3c(c2C)CC/C=C(/C[C@@H]2CCOC2)CC3)n1. The van der Waals surface area contributed by atoms with Gasteiger partial charge in [-0.3, -0.25) is 0 Å². The Kier molecular flexibility index (Phi) is 8.79. The van der Waals surface area contributed by atoms with Crippen LogP contribution in [0, 0.1) is 19.8 Å². The lowest BCUT2D eigenvalue weighted by molar-refractivity contribution is 0.0693. The van der Waals surface area contributed by atoms with Crippen molar-refractivity contribution in [2.45, 2.75) is 59.0 Å². The first-order valence-electron chi connectivity index (χ1n) is 15.3. The summed E-state index contributed by atoms with van der Waals surface area (Å²) in [7, 11) is 1.42. The number of ether oxygens (including phenoxy) is 3. The molecule has 4 aromatic rings. The minimum absolute atomic E-state index is 0.0262. The second-order valence-corrected chi connectivity index (χ2v) is 11.7. The molecule has 1 atom stereocenters. The van der Waals surface area contributed by atoms with Gasteiger partial charge < -0.3 is 19.3 Å². The van der Waals surface area contributed by atoms with Crippen LogP contribution in [0.5, 0.6) is 11.6 Å². The lowest BCUT2D eigenvalue weighted by Crippen LogP contribution is -2.09. The molecule has 2 aromatic heterocycles. The molecule has 0 spiro atoms. The second kappa shape index (κ2) is 13.1. The Morgan fingerprint density at radius 1 is 1.09 bits per heavy atom. The third-order valence-corrected chi connectivity index (χ3v) is 8.89. The molecule has 1 fully saturated rings. The molecular weight excluding hydrogens is 554 g/mol. The Balaban J connectivity index is 1.22. The van der Waals surface area contributed by atoms with Crippen molar-refractivity contribution < 1.29 is 24.1 Å². The van der Waals surface area contributed by atoms with Gasteiger partial charge in [0.05, 0.1) is 19.0 Å².